The topological polar surface area (TPSA) is 99.4 Å². The number of rotatable bonds is 10. The molecule has 0 aliphatic carbocycles. The molecule has 8 heteroatoms. The van der Waals surface area contributed by atoms with E-state index < -0.39 is 0 Å². The molecule has 7 nitrogen and oxygen atoms in total. The van der Waals surface area contributed by atoms with E-state index in [2.05, 4.69) is 16.0 Å². The molecule has 3 atom stereocenters. The number of unbranched alkanes of at least 4 members (excludes halogenated alkanes) is 1. The van der Waals surface area contributed by atoms with Crippen LogP contribution in [0.5, 0.6) is 0 Å². The number of ether oxygens (including phenoxy) is 1. The highest BCUT2D eigenvalue weighted by atomic mass is 32.2. The largest absolute Gasteiger partial charge is 0.377 e. The Morgan fingerprint density at radius 3 is 3.00 bits per heavy atom. The molecule has 0 aromatic rings. The highest BCUT2D eigenvalue weighted by Gasteiger charge is 2.42. The fourth-order valence-electron chi connectivity index (χ4n) is 2.79. The zero-order valence-electron chi connectivity index (χ0n) is 12.6. The average Bonchev–Trinajstić information content (AvgIpc) is 3.03. The Morgan fingerprint density at radius 1 is 1.32 bits per heavy atom. The Morgan fingerprint density at radius 2 is 2.18 bits per heavy atom. The standard InChI is InChI=1S/C14H24N3O4S/c18-6-8-21-7-5-15-12(19)4-2-1-3-11-13-10(9-22-11)16-14(20)17-13/h10-11,13H,1-9H2,(H,15,19)(H2,16,17,20)/t10-,11-,13-/m0/s1. The van der Waals surface area contributed by atoms with Gasteiger partial charge < -0.3 is 20.7 Å². The summed E-state index contributed by atoms with van der Waals surface area (Å²) < 4.78 is 5.00. The number of fused-ring (bicyclic) bond motifs is 1. The van der Waals surface area contributed by atoms with Crippen molar-refractivity contribution in [3.8, 4) is 0 Å². The summed E-state index contributed by atoms with van der Waals surface area (Å²) in [7, 11) is 0. The van der Waals surface area contributed by atoms with Gasteiger partial charge in [0.1, 0.15) is 6.61 Å². The number of nitrogens with one attached hydrogen (secondary N) is 3. The first kappa shape index (κ1) is 17.4. The Labute approximate surface area is 134 Å². The van der Waals surface area contributed by atoms with Gasteiger partial charge in [0.2, 0.25) is 5.91 Å². The van der Waals surface area contributed by atoms with Crippen LogP contribution in [0.25, 0.3) is 0 Å². The van der Waals surface area contributed by atoms with Gasteiger partial charge >= 0.3 is 6.03 Å². The molecule has 0 unspecified atom stereocenters. The SMILES string of the molecule is [O]CCOCCNC(=O)CCCC[C@@H]1SC[C@@H]2NC(=O)N[C@@H]21. The van der Waals surface area contributed by atoms with E-state index in [0.717, 1.165) is 25.0 Å². The molecule has 0 bridgehead atoms. The van der Waals surface area contributed by atoms with Gasteiger partial charge in [-0.05, 0) is 12.8 Å². The van der Waals surface area contributed by atoms with Crippen LogP contribution in [0, 0.1) is 0 Å². The van der Waals surface area contributed by atoms with Gasteiger partial charge in [0.05, 0.1) is 25.3 Å². The number of carbonyl (C=O) groups excluding carboxylic acids is 2. The predicted octanol–water partition coefficient (Wildman–Crippen LogP) is 0.276. The van der Waals surface area contributed by atoms with Crippen molar-refractivity contribution in [2.75, 3.05) is 32.1 Å². The second-order valence-corrected chi connectivity index (χ2v) is 6.81. The van der Waals surface area contributed by atoms with Crippen molar-refractivity contribution in [3.05, 3.63) is 0 Å². The molecule has 2 rings (SSSR count). The fraction of sp³-hybridized carbons (Fsp3) is 0.857. The molecule has 2 aliphatic rings. The molecule has 2 saturated heterocycles. The minimum absolute atomic E-state index is 0.0264. The Bertz CT molecular complexity index is 383. The summed E-state index contributed by atoms with van der Waals surface area (Å²) in [6, 6.07) is 0.447. The third-order valence-corrected chi connectivity index (χ3v) is 5.39. The van der Waals surface area contributed by atoms with E-state index in [1.54, 1.807) is 0 Å². The summed E-state index contributed by atoms with van der Waals surface area (Å²) >= 11 is 1.90. The van der Waals surface area contributed by atoms with Crippen LogP contribution >= 0.6 is 11.8 Å². The van der Waals surface area contributed by atoms with Crippen LogP contribution in [-0.4, -0.2) is 61.4 Å². The number of thioether (sulfide) groups is 1. The number of hydrogen-bond donors (Lipinski definition) is 3. The summed E-state index contributed by atoms with van der Waals surface area (Å²) in [5.41, 5.74) is 0. The van der Waals surface area contributed by atoms with E-state index in [9.17, 15) is 14.7 Å². The molecular weight excluding hydrogens is 306 g/mol. The third kappa shape index (κ3) is 5.33. The minimum Gasteiger partial charge on any atom is -0.377 e. The minimum atomic E-state index is -0.245. The molecule has 0 spiro atoms. The van der Waals surface area contributed by atoms with Crippen LogP contribution in [0.3, 0.4) is 0 Å². The summed E-state index contributed by atoms with van der Waals surface area (Å²) in [5.74, 6) is 0.997. The van der Waals surface area contributed by atoms with Crippen LogP contribution in [0.4, 0.5) is 4.79 Å². The lowest BCUT2D eigenvalue weighted by atomic mass is 10.0. The normalized spacial score (nSPS) is 26.4. The van der Waals surface area contributed by atoms with E-state index in [-0.39, 0.29) is 37.2 Å². The third-order valence-electron chi connectivity index (χ3n) is 3.88. The van der Waals surface area contributed by atoms with Crippen molar-refractivity contribution in [3.63, 3.8) is 0 Å². The molecule has 2 fully saturated rings. The van der Waals surface area contributed by atoms with Gasteiger partial charge in [0.15, 0.2) is 0 Å². The molecule has 0 aromatic carbocycles. The van der Waals surface area contributed by atoms with Crippen LogP contribution in [-0.2, 0) is 14.6 Å². The second-order valence-electron chi connectivity index (χ2n) is 5.53. The number of hydrogen-bond acceptors (Lipinski definition) is 4. The highest BCUT2D eigenvalue weighted by Crippen LogP contribution is 2.33. The molecule has 0 saturated carbocycles. The second kappa shape index (κ2) is 9.22. The van der Waals surface area contributed by atoms with Gasteiger partial charge in [0, 0.05) is 24.0 Å². The van der Waals surface area contributed by atoms with Crippen molar-refractivity contribution < 1.29 is 19.4 Å². The maximum atomic E-state index is 11.6. The number of amides is 3. The maximum absolute atomic E-state index is 11.6. The molecule has 3 N–H and O–H groups in total. The number of carbonyl (C=O) groups is 2. The summed E-state index contributed by atoms with van der Waals surface area (Å²) in [5, 5.41) is 19.3. The first-order valence-corrected chi connectivity index (χ1v) is 8.87. The number of urea groups is 1. The van der Waals surface area contributed by atoms with E-state index in [4.69, 9.17) is 4.74 Å². The first-order chi connectivity index (χ1) is 10.7. The van der Waals surface area contributed by atoms with Crippen LogP contribution < -0.4 is 16.0 Å². The van der Waals surface area contributed by atoms with Crippen molar-refractivity contribution in [2.45, 2.75) is 43.0 Å². The van der Waals surface area contributed by atoms with Crippen molar-refractivity contribution in [1.82, 2.24) is 16.0 Å². The molecule has 1 radical (unpaired) electrons. The summed E-state index contributed by atoms with van der Waals surface area (Å²) in [4.78, 5) is 22.9. The summed E-state index contributed by atoms with van der Waals surface area (Å²) in [6.45, 7) is 0.800. The molecule has 22 heavy (non-hydrogen) atoms. The lowest BCUT2D eigenvalue weighted by Crippen LogP contribution is -2.36. The monoisotopic (exact) mass is 330 g/mol. The van der Waals surface area contributed by atoms with Crippen LogP contribution in [0.15, 0.2) is 0 Å². The van der Waals surface area contributed by atoms with Gasteiger partial charge in [-0.2, -0.15) is 11.8 Å². The quantitative estimate of drug-likeness (QED) is 0.396. The van der Waals surface area contributed by atoms with E-state index in [1.807, 2.05) is 11.8 Å². The zero-order valence-corrected chi connectivity index (χ0v) is 13.5. The molecule has 3 amide bonds. The van der Waals surface area contributed by atoms with Gasteiger partial charge in [-0.25, -0.2) is 9.90 Å². The van der Waals surface area contributed by atoms with Gasteiger partial charge in [-0.15, -0.1) is 0 Å². The average molecular weight is 330 g/mol. The summed E-state index contributed by atoms with van der Waals surface area (Å²) in [6.07, 6.45) is 3.37. The smallest absolute Gasteiger partial charge is 0.315 e. The van der Waals surface area contributed by atoms with Crippen LogP contribution in [0.1, 0.15) is 25.7 Å². The molecule has 2 heterocycles. The lowest BCUT2D eigenvalue weighted by Gasteiger charge is -2.16. The predicted molar refractivity (Wildman–Crippen MR) is 83.3 cm³/mol. The van der Waals surface area contributed by atoms with E-state index in [1.165, 1.54) is 0 Å². The molecule has 2 aliphatic heterocycles. The first-order valence-electron chi connectivity index (χ1n) is 7.82. The van der Waals surface area contributed by atoms with Gasteiger partial charge in [0.25, 0.3) is 0 Å². The Hall–Kier alpha value is -0.990. The zero-order chi connectivity index (χ0) is 15.8. The van der Waals surface area contributed by atoms with Gasteiger partial charge in [-0.1, -0.05) is 6.42 Å². The Kier molecular flexibility index (Phi) is 7.28. The highest BCUT2D eigenvalue weighted by molar-refractivity contribution is 8.00. The molecular formula is C14H24N3O4S. The van der Waals surface area contributed by atoms with E-state index in [0.29, 0.717) is 24.8 Å². The molecule has 125 valence electrons. The molecule has 0 aromatic heterocycles. The van der Waals surface area contributed by atoms with E-state index >= 15 is 0 Å². The van der Waals surface area contributed by atoms with Gasteiger partial charge in [-0.3, -0.25) is 4.79 Å². The van der Waals surface area contributed by atoms with Crippen LogP contribution in [0.2, 0.25) is 0 Å². The van der Waals surface area contributed by atoms with Crippen molar-refractivity contribution in [2.24, 2.45) is 0 Å². The lowest BCUT2D eigenvalue weighted by molar-refractivity contribution is -0.121. The fourth-order valence-corrected chi connectivity index (χ4v) is 4.33. The maximum Gasteiger partial charge on any atom is 0.315 e. The van der Waals surface area contributed by atoms with Crippen molar-refractivity contribution in [1.29, 1.82) is 0 Å². The Balaban J connectivity index is 1.49. The van der Waals surface area contributed by atoms with Crippen molar-refractivity contribution >= 4 is 23.7 Å².